The number of hydrogen-bond donors (Lipinski definition) is 2. The first-order chi connectivity index (χ1) is 26.1. The maximum Gasteiger partial charge on any atom is 0.296 e. The van der Waals surface area contributed by atoms with E-state index in [0.717, 1.165) is 60.4 Å². The van der Waals surface area contributed by atoms with Gasteiger partial charge in [0.25, 0.3) is 20.2 Å². The van der Waals surface area contributed by atoms with Crippen LogP contribution in [-0.4, -0.2) is 69.2 Å². The minimum Gasteiger partial charge on any atom is -0.493 e. The van der Waals surface area contributed by atoms with E-state index in [9.17, 15) is 25.9 Å². The maximum atomic E-state index is 12.0. The summed E-state index contributed by atoms with van der Waals surface area (Å²) in [6.07, 6.45) is 5.88. The number of pyridine rings is 2. The Bertz CT molecular complexity index is 2380. The summed E-state index contributed by atoms with van der Waals surface area (Å²) in [6.45, 7) is 16.2. The van der Waals surface area contributed by atoms with Gasteiger partial charge in [-0.2, -0.15) is 16.8 Å². The van der Waals surface area contributed by atoms with Crippen molar-refractivity contribution in [3.05, 3.63) is 77.6 Å². The number of ether oxygens (including phenoxy) is 1. The van der Waals surface area contributed by atoms with Gasteiger partial charge >= 0.3 is 0 Å². The molecule has 0 amide bonds. The van der Waals surface area contributed by atoms with E-state index in [1.807, 2.05) is 37.9 Å². The van der Waals surface area contributed by atoms with Crippen molar-refractivity contribution in [2.45, 2.75) is 94.4 Å². The van der Waals surface area contributed by atoms with Gasteiger partial charge in [0.05, 0.1) is 7.11 Å². The molecule has 2 aliphatic heterocycles. The second-order valence-corrected chi connectivity index (χ2v) is 18.5. The van der Waals surface area contributed by atoms with Gasteiger partial charge < -0.3 is 14.5 Å². The molecule has 0 saturated carbocycles. The second-order valence-electron chi connectivity index (χ2n) is 15.8. The molecule has 18 heteroatoms. The average Bonchev–Trinajstić information content (AvgIpc) is 3.13. The molecule has 6 rings (SSSR count). The topological polar surface area (TPSA) is 200 Å². The molecule has 2 N–H and O–H groups in total. The largest absolute Gasteiger partial charge is 0.493 e. The van der Waals surface area contributed by atoms with Crippen LogP contribution >= 0.6 is 0 Å². The maximum absolute atomic E-state index is 12.0. The van der Waals surface area contributed by atoms with Crippen LogP contribution in [0.5, 0.6) is 5.75 Å². The third kappa shape index (κ3) is 10.8. The van der Waals surface area contributed by atoms with Crippen molar-refractivity contribution in [2.75, 3.05) is 37.0 Å². The molecular weight excluding hydrogens is 815 g/mol. The zero-order valence-corrected chi connectivity index (χ0v) is 36.2. The van der Waals surface area contributed by atoms with Gasteiger partial charge in [-0.1, -0.05) is 34.6 Å². The zero-order valence-electron chi connectivity index (χ0n) is 33.5. The fourth-order valence-electron chi connectivity index (χ4n) is 6.62. The first-order valence-corrected chi connectivity index (χ1v) is 21.1. The van der Waals surface area contributed by atoms with Crippen molar-refractivity contribution in [3.8, 4) is 5.75 Å². The molecule has 0 saturated heterocycles. The van der Waals surface area contributed by atoms with Gasteiger partial charge in [0, 0.05) is 66.4 Å². The number of nitrogens with zero attached hydrogens (tertiary/aromatic N) is 8. The summed E-state index contributed by atoms with van der Waals surface area (Å²) < 4.78 is 72.6. The summed E-state index contributed by atoms with van der Waals surface area (Å²) in [7, 11) is -5.54. The summed E-state index contributed by atoms with van der Waals surface area (Å²) in [4.78, 5) is 11.9. The molecule has 0 aliphatic carbocycles. The predicted molar refractivity (Wildman–Crippen MR) is 216 cm³/mol. The Balaban J connectivity index is 0.000000249. The number of azo groups is 2. The molecule has 57 heavy (non-hydrogen) atoms. The number of hydrogen-bond acceptors (Lipinski definition) is 13. The van der Waals surface area contributed by atoms with Gasteiger partial charge in [-0.25, -0.2) is 9.97 Å². The summed E-state index contributed by atoms with van der Waals surface area (Å²) >= 11 is 0. The van der Waals surface area contributed by atoms with E-state index >= 15 is 0 Å². The van der Waals surface area contributed by atoms with E-state index in [1.54, 1.807) is 30.5 Å². The number of rotatable bonds is 8. The van der Waals surface area contributed by atoms with Crippen molar-refractivity contribution in [1.82, 2.24) is 9.97 Å². The normalized spacial score (nSPS) is 15.5. The Morgan fingerprint density at radius 1 is 0.842 bits per heavy atom. The minimum atomic E-state index is -4.47. The van der Waals surface area contributed by atoms with E-state index < -0.39 is 20.2 Å². The number of fused-ring (bicyclic) bond motifs is 2. The van der Waals surface area contributed by atoms with Crippen molar-refractivity contribution < 1.29 is 47.2 Å². The first-order valence-electron chi connectivity index (χ1n) is 18.2. The van der Waals surface area contributed by atoms with Crippen LogP contribution in [0.1, 0.15) is 78.0 Å². The number of anilines is 2. The van der Waals surface area contributed by atoms with E-state index in [0.29, 0.717) is 11.6 Å². The van der Waals surface area contributed by atoms with Crippen molar-refractivity contribution in [3.63, 3.8) is 0 Å². The summed E-state index contributed by atoms with van der Waals surface area (Å²) in [6, 6.07) is 13.7. The monoisotopic (exact) mass is 864 g/mol. The van der Waals surface area contributed by atoms with Crippen LogP contribution in [0, 0.1) is 0 Å². The SMILES string of the molecule is CN1CCC(C)(C)c2cc(N=Nc3cc(C(C)(C)C)ccn3)c(S(=O)(=O)O)cc21.COc1cccnc1N=Nc1cc2c(cc1S(=O)(=O)O)N(C(C)C)CCC2.[Ni]. The quantitative estimate of drug-likeness (QED) is 0.0973. The molecule has 15 nitrogen and oxygen atoms in total. The van der Waals surface area contributed by atoms with Crippen molar-refractivity contribution in [1.29, 1.82) is 0 Å². The molecule has 2 aliphatic rings. The molecule has 4 heterocycles. The predicted octanol–water partition coefficient (Wildman–Crippen LogP) is 9.07. The van der Waals surface area contributed by atoms with Gasteiger partial charge in [-0.05, 0) is 109 Å². The summed E-state index contributed by atoms with van der Waals surface area (Å²) in [5.41, 5.74) is 4.55. The first kappa shape index (κ1) is 45.4. The zero-order chi connectivity index (χ0) is 41.2. The van der Waals surface area contributed by atoms with Crippen LogP contribution in [0.15, 0.2) is 91.2 Å². The summed E-state index contributed by atoms with van der Waals surface area (Å²) in [5, 5.41) is 16.4. The standard InChI is InChI=1S/C21H28N4O3S.C18H22N4O4S.Ni/c1-20(2,3)14-7-9-22-19(11-14)24-23-16-12-15-17(13-18(16)29(26,27)28)25(6)10-8-21(15,4)5;1-12(2)22-9-5-6-13-10-14(17(11-15(13)22)27(23,24)25)20-21-18-16(26-3)7-4-8-19-18;/h7,9,11-13H,8,10H2,1-6H3,(H,26,27,28);4,7-8,10-12H,5-6,9H2,1-3H3,(H,23,24,25);. The Kier molecular flexibility index (Phi) is 14.0. The van der Waals surface area contributed by atoms with Gasteiger partial charge in [-0.15, -0.1) is 20.5 Å². The molecule has 310 valence electrons. The molecule has 0 unspecified atom stereocenters. The Hall–Kier alpha value is -4.35. The molecule has 0 bridgehead atoms. The smallest absolute Gasteiger partial charge is 0.296 e. The van der Waals surface area contributed by atoms with Gasteiger partial charge in [0.15, 0.2) is 11.6 Å². The molecule has 4 aromatic rings. The van der Waals surface area contributed by atoms with Crippen LogP contribution in [0.4, 0.5) is 34.4 Å². The third-order valence-corrected chi connectivity index (χ3v) is 11.6. The average molecular weight is 866 g/mol. The van der Waals surface area contributed by atoms with Crippen LogP contribution < -0.4 is 14.5 Å². The Morgan fingerprint density at radius 3 is 2.09 bits per heavy atom. The van der Waals surface area contributed by atoms with Gasteiger partial charge in [0.1, 0.15) is 21.2 Å². The number of aryl methyl sites for hydroxylation is 1. The molecule has 2 aromatic heterocycles. The third-order valence-electron chi connectivity index (χ3n) is 9.88. The second kappa shape index (κ2) is 17.7. The van der Waals surface area contributed by atoms with Crippen molar-refractivity contribution in [2.24, 2.45) is 20.5 Å². The molecule has 0 radical (unpaired) electrons. The molecule has 0 atom stereocenters. The minimum absolute atomic E-state index is 0. The summed E-state index contributed by atoms with van der Waals surface area (Å²) in [5.74, 6) is 1.02. The Morgan fingerprint density at radius 2 is 1.47 bits per heavy atom. The number of methoxy groups -OCH3 is 1. The number of aromatic nitrogens is 2. The van der Waals surface area contributed by atoms with E-state index in [2.05, 4.69) is 69.9 Å². The van der Waals surface area contributed by atoms with Crippen LogP contribution in [0.2, 0.25) is 0 Å². The Labute approximate surface area is 345 Å². The molecule has 0 fully saturated rings. The van der Waals surface area contributed by atoms with Crippen LogP contribution in [0.25, 0.3) is 0 Å². The van der Waals surface area contributed by atoms with E-state index in [-0.39, 0.29) is 60.3 Å². The fourth-order valence-corrected chi connectivity index (χ4v) is 7.86. The van der Waals surface area contributed by atoms with Crippen molar-refractivity contribution >= 4 is 54.6 Å². The fraction of sp³-hybridized carbons (Fsp3) is 0.436. The van der Waals surface area contributed by atoms with E-state index in [4.69, 9.17) is 4.74 Å². The van der Waals surface area contributed by atoms with Crippen LogP contribution in [-0.2, 0) is 54.0 Å². The molecular formula is C39H50N8NiO7S2. The van der Waals surface area contributed by atoms with Gasteiger partial charge in [0.2, 0.25) is 5.82 Å². The van der Waals surface area contributed by atoms with Gasteiger partial charge in [-0.3, -0.25) is 9.11 Å². The number of benzene rings is 2. The molecule has 0 spiro atoms. The molecule has 2 aromatic carbocycles. The van der Waals surface area contributed by atoms with E-state index in [1.165, 1.54) is 25.4 Å². The van der Waals surface area contributed by atoms with Crippen LogP contribution in [0.3, 0.4) is 0 Å².